The highest BCUT2D eigenvalue weighted by Crippen LogP contribution is 2.43. The van der Waals surface area contributed by atoms with Crippen molar-refractivity contribution in [2.75, 3.05) is 51.3 Å². The maximum absolute atomic E-state index is 15.6. The third-order valence-corrected chi connectivity index (χ3v) is 7.61. The number of benzene rings is 1. The number of carbonyl (C=O) groups excluding carboxylic acids is 1. The molecule has 2 N–H and O–H groups in total. The minimum absolute atomic E-state index is 0.0198. The second kappa shape index (κ2) is 10.4. The molecular formula is C27H32FN5O6. The van der Waals surface area contributed by atoms with E-state index in [1.807, 2.05) is 16.7 Å². The van der Waals surface area contributed by atoms with Gasteiger partial charge < -0.3 is 24.4 Å². The Hall–Kier alpha value is -3.77. The van der Waals surface area contributed by atoms with Crippen LogP contribution < -0.4 is 15.1 Å². The van der Waals surface area contributed by atoms with E-state index < -0.39 is 22.8 Å². The van der Waals surface area contributed by atoms with Crippen molar-refractivity contribution in [3.05, 3.63) is 51.6 Å². The number of hydrogen-bond acceptors (Lipinski definition) is 8. The number of aryl methyl sites for hydroxylation is 1. The van der Waals surface area contributed by atoms with Gasteiger partial charge in [0.05, 0.1) is 36.9 Å². The van der Waals surface area contributed by atoms with E-state index in [1.165, 1.54) is 13.3 Å². The molecule has 1 atom stereocenters. The van der Waals surface area contributed by atoms with Crippen molar-refractivity contribution in [1.29, 1.82) is 0 Å². The van der Waals surface area contributed by atoms with E-state index in [1.54, 1.807) is 22.3 Å². The van der Waals surface area contributed by atoms with Gasteiger partial charge in [-0.15, -0.1) is 0 Å². The number of anilines is 1. The second-order valence-electron chi connectivity index (χ2n) is 10.3. The molecule has 0 amide bonds. The van der Waals surface area contributed by atoms with Crippen LogP contribution in [0.4, 0.5) is 10.1 Å². The monoisotopic (exact) mass is 541 g/mol. The quantitative estimate of drug-likeness (QED) is 0.441. The van der Waals surface area contributed by atoms with Crippen molar-refractivity contribution < 1.29 is 28.9 Å². The van der Waals surface area contributed by atoms with Gasteiger partial charge in [0.25, 0.3) is 0 Å². The lowest BCUT2D eigenvalue weighted by Gasteiger charge is -2.36. The second-order valence-corrected chi connectivity index (χ2v) is 10.3. The summed E-state index contributed by atoms with van der Waals surface area (Å²) in [6, 6.07) is 1.13. The van der Waals surface area contributed by atoms with Gasteiger partial charge in [-0.2, -0.15) is 0 Å². The van der Waals surface area contributed by atoms with Gasteiger partial charge in [-0.3, -0.25) is 19.1 Å². The topological polar surface area (TPSA) is 130 Å². The fourth-order valence-electron chi connectivity index (χ4n) is 5.34. The molecule has 1 aromatic carbocycles. The molecule has 208 valence electrons. The van der Waals surface area contributed by atoms with E-state index in [9.17, 15) is 24.6 Å². The van der Waals surface area contributed by atoms with Gasteiger partial charge in [0.1, 0.15) is 17.1 Å². The molecule has 11 nitrogen and oxygen atoms in total. The van der Waals surface area contributed by atoms with Crippen LogP contribution in [-0.4, -0.2) is 87.5 Å². The number of carbonyl (C=O) groups is 2. The molecule has 1 saturated carbocycles. The van der Waals surface area contributed by atoms with E-state index >= 15 is 4.39 Å². The summed E-state index contributed by atoms with van der Waals surface area (Å²) >= 11 is 0. The number of pyridine rings is 1. The van der Waals surface area contributed by atoms with Crippen LogP contribution in [-0.2, 0) is 0 Å². The molecular weight excluding hydrogens is 509 g/mol. The number of hydrogen-bond donors (Lipinski definition) is 2. The first-order valence-electron chi connectivity index (χ1n) is 13.0. The number of carboxylic acid groups (broad SMARTS) is 1. The number of ether oxygens (including phenoxy) is 1. The number of aliphatic hydroxyl groups is 1. The highest BCUT2D eigenvalue weighted by molar-refractivity contribution is 5.97. The Morgan fingerprint density at radius 2 is 1.92 bits per heavy atom. The van der Waals surface area contributed by atoms with Gasteiger partial charge >= 0.3 is 5.97 Å². The molecule has 39 heavy (non-hydrogen) atoms. The minimum Gasteiger partial charge on any atom is -0.492 e. The molecule has 1 aliphatic heterocycles. The fourth-order valence-corrected chi connectivity index (χ4v) is 5.34. The highest BCUT2D eigenvalue weighted by atomic mass is 19.1. The van der Waals surface area contributed by atoms with Crippen LogP contribution in [0.5, 0.6) is 5.75 Å². The van der Waals surface area contributed by atoms with Crippen molar-refractivity contribution in [3.63, 3.8) is 0 Å². The molecule has 1 saturated heterocycles. The van der Waals surface area contributed by atoms with Gasteiger partial charge in [-0.25, -0.2) is 14.2 Å². The predicted octanol–water partition coefficient (Wildman–Crippen LogP) is 2.25. The summed E-state index contributed by atoms with van der Waals surface area (Å²) in [6.45, 7) is 5.42. The number of fused-ring (bicyclic) bond motifs is 1. The van der Waals surface area contributed by atoms with Crippen molar-refractivity contribution in [2.24, 2.45) is 0 Å². The molecule has 2 aliphatic rings. The smallest absolute Gasteiger partial charge is 0.341 e. The average Bonchev–Trinajstić information content (AvgIpc) is 3.69. The van der Waals surface area contributed by atoms with Crippen LogP contribution in [0, 0.1) is 12.7 Å². The number of aliphatic hydroxyl groups excluding tert-OH is 1. The fraction of sp³-hybridized carbons (Fsp3) is 0.481. The summed E-state index contributed by atoms with van der Waals surface area (Å²) in [4.78, 5) is 45.8. The maximum Gasteiger partial charge on any atom is 0.341 e. The van der Waals surface area contributed by atoms with E-state index in [-0.39, 0.29) is 47.8 Å². The SMILES string of the molecule is COc1c(N2CCN(CC(=O)n3c(C(C)CO)cnc3C)CC2)c(F)cc2c(=O)c(C(=O)O)cn(C3CC3)c12. The first-order chi connectivity index (χ1) is 18.7. The maximum atomic E-state index is 15.6. The van der Waals surface area contributed by atoms with E-state index in [2.05, 4.69) is 4.98 Å². The zero-order valence-electron chi connectivity index (χ0n) is 22.2. The Labute approximate surface area is 224 Å². The third-order valence-electron chi connectivity index (χ3n) is 7.61. The van der Waals surface area contributed by atoms with Crippen LogP contribution in [0.3, 0.4) is 0 Å². The van der Waals surface area contributed by atoms with Crippen molar-refractivity contribution in [2.45, 2.75) is 38.6 Å². The third kappa shape index (κ3) is 4.78. The standard InChI is InChI=1S/C27H32FN5O6/c1-15(14-34)21-11-29-16(2)33(21)22(35)13-30-6-8-31(9-7-30)24-20(28)10-18-23(26(24)39-3)32(17-4-5-17)12-19(25(18)36)27(37)38/h10-12,15,17,34H,4-9,13-14H2,1-3H3,(H,37,38). The summed E-state index contributed by atoms with van der Waals surface area (Å²) in [5.74, 6) is -1.63. The molecule has 1 aliphatic carbocycles. The number of piperazine rings is 1. The Morgan fingerprint density at radius 1 is 1.23 bits per heavy atom. The van der Waals surface area contributed by atoms with Gasteiger partial charge in [-0.1, -0.05) is 6.92 Å². The van der Waals surface area contributed by atoms with Crippen LogP contribution >= 0.6 is 0 Å². The molecule has 12 heteroatoms. The van der Waals surface area contributed by atoms with Crippen LogP contribution in [0.25, 0.3) is 10.9 Å². The lowest BCUT2D eigenvalue weighted by Crippen LogP contribution is -2.49. The number of methoxy groups -OCH3 is 1. The number of imidazole rings is 1. The summed E-state index contributed by atoms with van der Waals surface area (Å²) in [5.41, 5.74) is 0.134. The molecule has 0 bridgehead atoms. The number of aromatic nitrogens is 3. The number of halogens is 1. The van der Waals surface area contributed by atoms with Crippen LogP contribution in [0.15, 0.2) is 23.3 Å². The van der Waals surface area contributed by atoms with Crippen LogP contribution in [0.1, 0.15) is 58.4 Å². The Kier molecular flexibility index (Phi) is 7.17. The normalized spacial score (nSPS) is 17.0. The zero-order chi connectivity index (χ0) is 28.0. The Bertz CT molecular complexity index is 1500. The Morgan fingerprint density at radius 3 is 2.51 bits per heavy atom. The van der Waals surface area contributed by atoms with Gasteiger partial charge in [0.15, 0.2) is 11.6 Å². The molecule has 3 aromatic rings. The molecule has 0 radical (unpaired) electrons. The van der Waals surface area contributed by atoms with Crippen molar-refractivity contribution in [3.8, 4) is 5.75 Å². The minimum atomic E-state index is -1.35. The highest BCUT2D eigenvalue weighted by Gasteiger charge is 2.32. The van der Waals surface area contributed by atoms with Gasteiger partial charge in [0.2, 0.25) is 11.3 Å². The summed E-state index contributed by atoms with van der Waals surface area (Å²) in [7, 11) is 1.41. The van der Waals surface area contributed by atoms with E-state index in [0.717, 1.165) is 18.9 Å². The predicted molar refractivity (Wildman–Crippen MR) is 142 cm³/mol. The number of nitrogens with zero attached hydrogens (tertiary/aromatic N) is 5. The van der Waals surface area contributed by atoms with Crippen molar-refractivity contribution >= 4 is 28.5 Å². The van der Waals surface area contributed by atoms with E-state index in [0.29, 0.717) is 43.2 Å². The molecule has 5 rings (SSSR count). The van der Waals surface area contributed by atoms with Crippen molar-refractivity contribution in [1.82, 2.24) is 19.0 Å². The first-order valence-corrected chi connectivity index (χ1v) is 13.0. The Balaban J connectivity index is 1.42. The molecule has 3 heterocycles. The lowest BCUT2D eigenvalue weighted by molar-refractivity contribution is 0.0694. The summed E-state index contributed by atoms with van der Waals surface area (Å²) < 4.78 is 24.5. The number of carboxylic acids is 1. The number of aromatic carboxylic acids is 1. The van der Waals surface area contributed by atoms with E-state index in [4.69, 9.17) is 4.74 Å². The van der Waals surface area contributed by atoms with Crippen LogP contribution in [0.2, 0.25) is 0 Å². The van der Waals surface area contributed by atoms with Gasteiger partial charge in [-0.05, 0) is 25.8 Å². The number of rotatable bonds is 8. The molecule has 2 aromatic heterocycles. The first kappa shape index (κ1) is 26.8. The molecule has 2 fully saturated rings. The molecule has 0 spiro atoms. The largest absolute Gasteiger partial charge is 0.492 e. The lowest BCUT2D eigenvalue weighted by atomic mass is 10.1. The zero-order valence-corrected chi connectivity index (χ0v) is 22.2. The summed E-state index contributed by atoms with van der Waals surface area (Å²) in [6.07, 6.45) is 4.60. The average molecular weight is 542 g/mol. The van der Waals surface area contributed by atoms with Gasteiger partial charge in [0, 0.05) is 50.5 Å². The molecule has 1 unspecified atom stereocenters. The summed E-state index contributed by atoms with van der Waals surface area (Å²) in [5, 5.41) is 19.1.